The lowest BCUT2D eigenvalue weighted by atomic mass is 9.99. The molecule has 5 heteroatoms. The zero-order chi connectivity index (χ0) is 10.8. The molecule has 0 aromatic carbocycles. The first kappa shape index (κ1) is 10.2. The molecule has 16 heavy (non-hydrogen) atoms. The van der Waals surface area contributed by atoms with Crippen LogP contribution in [0.4, 0.5) is 0 Å². The first-order chi connectivity index (χ1) is 7.92. The summed E-state index contributed by atoms with van der Waals surface area (Å²) in [7, 11) is 0. The van der Waals surface area contributed by atoms with Gasteiger partial charge in [-0.3, -0.25) is 4.90 Å². The van der Waals surface area contributed by atoms with Crippen molar-refractivity contribution in [2.75, 3.05) is 26.2 Å². The van der Waals surface area contributed by atoms with Gasteiger partial charge in [-0.2, -0.15) is 0 Å². The topological polar surface area (TPSA) is 46.0 Å². The standard InChI is InChI=1S/C11H19N5/c1-2-10(6-12-3-1)7-15-4-5-16-9-13-14-11(16)8-15/h9-10,12H,1-8H2. The summed E-state index contributed by atoms with van der Waals surface area (Å²) >= 11 is 0. The molecule has 1 fully saturated rings. The van der Waals surface area contributed by atoms with E-state index in [1.54, 1.807) is 0 Å². The summed E-state index contributed by atoms with van der Waals surface area (Å²) in [6.45, 7) is 6.74. The fourth-order valence-corrected chi connectivity index (χ4v) is 2.72. The van der Waals surface area contributed by atoms with Crippen LogP contribution in [0.25, 0.3) is 0 Å². The Hall–Kier alpha value is -0.940. The Balaban J connectivity index is 1.57. The minimum Gasteiger partial charge on any atom is -0.316 e. The van der Waals surface area contributed by atoms with E-state index in [1.165, 1.54) is 32.5 Å². The highest BCUT2D eigenvalue weighted by Crippen LogP contribution is 2.15. The molecule has 0 aliphatic carbocycles. The molecule has 0 radical (unpaired) electrons. The predicted molar refractivity (Wildman–Crippen MR) is 60.9 cm³/mol. The first-order valence-corrected chi connectivity index (χ1v) is 6.21. The van der Waals surface area contributed by atoms with E-state index < -0.39 is 0 Å². The van der Waals surface area contributed by atoms with Crippen molar-refractivity contribution >= 4 is 0 Å². The lowest BCUT2D eigenvalue weighted by molar-refractivity contribution is 0.170. The summed E-state index contributed by atoms with van der Waals surface area (Å²) in [6, 6.07) is 0. The van der Waals surface area contributed by atoms with Gasteiger partial charge in [-0.25, -0.2) is 0 Å². The third kappa shape index (κ3) is 2.10. The van der Waals surface area contributed by atoms with Crippen LogP contribution >= 0.6 is 0 Å². The molecular formula is C11H19N5. The number of nitrogens with one attached hydrogen (secondary N) is 1. The van der Waals surface area contributed by atoms with Crippen molar-refractivity contribution < 1.29 is 0 Å². The Morgan fingerprint density at radius 1 is 1.44 bits per heavy atom. The number of hydrogen-bond donors (Lipinski definition) is 1. The zero-order valence-corrected chi connectivity index (χ0v) is 9.60. The maximum absolute atomic E-state index is 4.16. The molecule has 1 saturated heterocycles. The second-order valence-electron chi connectivity index (χ2n) is 4.89. The van der Waals surface area contributed by atoms with Crippen LogP contribution in [0.2, 0.25) is 0 Å². The Morgan fingerprint density at radius 2 is 2.44 bits per heavy atom. The van der Waals surface area contributed by atoms with Gasteiger partial charge in [0.05, 0.1) is 6.54 Å². The largest absolute Gasteiger partial charge is 0.316 e. The van der Waals surface area contributed by atoms with E-state index in [0.29, 0.717) is 0 Å². The van der Waals surface area contributed by atoms with Crippen molar-refractivity contribution in [3.8, 4) is 0 Å². The van der Waals surface area contributed by atoms with E-state index in [9.17, 15) is 0 Å². The second kappa shape index (κ2) is 4.51. The molecule has 2 aliphatic rings. The van der Waals surface area contributed by atoms with Gasteiger partial charge in [-0.15, -0.1) is 10.2 Å². The summed E-state index contributed by atoms with van der Waals surface area (Å²) in [5.41, 5.74) is 0. The van der Waals surface area contributed by atoms with Crippen LogP contribution in [0, 0.1) is 5.92 Å². The van der Waals surface area contributed by atoms with E-state index in [1.807, 2.05) is 6.33 Å². The van der Waals surface area contributed by atoms with Gasteiger partial charge in [-0.05, 0) is 31.8 Å². The molecule has 5 nitrogen and oxygen atoms in total. The van der Waals surface area contributed by atoms with Gasteiger partial charge in [0.1, 0.15) is 12.2 Å². The molecular weight excluding hydrogens is 202 g/mol. The lowest BCUT2D eigenvalue weighted by Gasteiger charge is -2.32. The highest BCUT2D eigenvalue weighted by molar-refractivity contribution is 4.90. The molecule has 1 aromatic heterocycles. The number of piperidine rings is 1. The van der Waals surface area contributed by atoms with Crippen LogP contribution in [0.1, 0.15) is 18.7 Å². The van der Waals surface area contributed by atoms with Crippen molar-refractivity contribution in [3.63, 3.8) is 0 Å². The summed E-state index contributed by atoms with van der Waals surface area (Å²) in [6.07, 6.45) is 4.54. The molecule has 1 atom stereocenters. The molecule has 0 spiro atoms. The van der Waals surface area contributed by atoms with E-state index in [-0.39, 0.29) is 0 Å². The van der Waals surface area contributed by atoms with E-state index in [4.69, 9.17) is 0 Å². The van der Waals surface area contributed by atoms with Crippen molar-refractivity contribution in [1.82, 2.24) is 25.0 Å². The van der Waals surface area contributed by atoms with Gasteiger partial charge < -0.3 is 9.88 Å². The molecule has 1 aromatic rings. The summed E-state index contributed by atoms with van der Waals surface area (Å²) in [5, 5.41) is 11.6. The fraction of sp³-hybridized carbons (Fsp3) is 0.818. The Kier molecular flexibility index (Phi) is 2.88. The maximum Gasteiger partial charge on any atom is 0.147 e. The third-order valence-corrected chi connectivity index (χ3v) is 3.63. The van der Waals surface area contributed by atoms with Gasteiger partial charge in [-0.1, -0.05) is 0 Å². The number of nitrogens with zero attached hydrogens (tertiary/aromatic N) is 4. The monoisotopic (exact) mass is 221 g/mol. The quantitative estimate of drug-likeness (QED) is 0.769. The Labute approximate surface area is 95.8 Å². The van der Waals surface area contributed by atoms with Crippen molar-refractivity contribution in [1.29, 1.82) is 0 Å². The van der Waals surface area contributed by atoms with Gasteiger partial charge >= 0.3 is 0 Å². The maximum atomic E-state index is 4.16. The summed E-state index contributed by atoms with van der Waals surface area (Å²) in [5.74, 6) is 1.94. The second-order valence-corrected chi connectivity index (χ2v) is 4.89. The van der Waals surface area contributed by atoms with Gasteiger partial charge in [0.15, 0.2) is 0 Å². The smallest absolute Gasteiger partial charge is 0.147 e. The number of hydrogen-bond acceptors (Lipinski definition) is 4. The molecule has 1 N–H and O–H groups in total. The Morgan fingerprint density at radius 3 is 3.31 bits per heavy atom. The fourth-order valence-electron chi connectivity index (χ4n) is 2.72. The normalized spacial score (nSPS) is 26.6. The molecule has 1 unspecified atom stereocenters. The minimum absolute atomic E-state index is 0.822. The van der Waals surface area contributed by atoms with Gasteiger partial charge in [0.2, 0.25) is 0 Å². The lowest BCUT2D eigenvalue weighted by Crippen LogP contribution is -2.41. The highest BCUT2D eigenvalue weighted by Gasteiger charge is 2.21. The zero-order valence-electron chi connectivity index (χ0n) is 9.60. The van der Waals surface area contributed by atoms with Crippen LogP contribution < -0.4 is 5.32 Å². The molecule has 0 bridgehead atoms. The van der Waals surface area contributed by atoms with Gasteiger partial charge in [0, 0.05) is 19.6 Å². The van der Waals surface area contributed by atoms with E-state index in [0.717, 1.165) is 31.4 Å². The predicted octanol–water partition coefficient (Wildman–Crippen LogP) is 0.0933. The molecule has 88 valence electrons. The first-order valence-electron chi connectivity index (χ1n) is 6.21. The van der Waals surface area contributed by atoms with Gasteiger partial charge in [0.25, 0.3) is 0 Å². The van der Waals surface area contributed by atoms with Crippen LogP contribution in [-0.4, -0.2) is 45.8 Å². The average Bonchev–Trinajstić information content (AvgIpc) is 2.77. The van der Waals surface area contributed by atoms with E-state index in [2.05, 4.69) is 25.0 Å². The number of aromatic nitrogens is 3. The molecule has 2 aliphatic heterocycles. The molecule has 3 rings (SSSR count). The average molecular weight is 221 g/mol. The van der Waals surface area contributed by atoms with Crippen LogP contribution in [-0.2, 0) is 13.1 Å². The van der Waals surface area contributed by atoms with Crippen LogP contribution in [0.15, 0.2) is 6.33 Å². The van der Waals surface area contributed by atoms with Crippen LogP contribution in [0.3, 0.4) is 0 Å². The van der Waals surface area contributed by atoms with Crippen molar-refractivity contribution in [2.24, 2.45) is 5.92 Å². The SMILES string of the molecule is c1nnc2n1CCN(CC1CCCNC1)C2. The summed E-state index contributed by atoms with van der Waals surface area (Å²) < 4.78 is 2.16. The van der Waals surface area contributed by atoms with Crippen molar-refractivity contribution in [2.45, 2.75) is 25.9 Å². The Bertz CT molecular complexity index is 342. The minimum atomic E-state index is 0.822. The van der Waals surface area contributed by atoms with E-state index >= 15 is 0 Å². The molecule has 0 saturated carbocycles. The highest BCUT2D eigenvalue weighted by atomic mass is 15.3. The third-order valence-electron chi connectivity index (χ3n) is 3.63. The number of fused-ring (bicyclic) bond motifs is 1. The van der Waals surface area contributed by atoms with Crippen LogP contribution in [0.5, 0.6) is 0 Å². The summed E-state index contributed by atoms with van der Waals surface area (Å²) in [4.78, 5) is 2.52. The molecule has 3 heterocycles. The van der Waals surface area contributed by atoms with Crippen molar-refractivity contribution in [3.05, 3.63) is 12.2 Å². The number of rotatable bonds is 2. The molecule has 0 amide bonds.